The van der Waals surface area contributed by atoms with E-state index < -0.39 is 0 Å². The predicted octanol–water partition coefficient (Wildman–Crippen LogP) is 5.76. The maximum absolute atomic E-state index is 6.19. The first-order valence-corrected chi connectivity index (χ1v) is 8.41. The van der Waals surface area contributed by atoms with Crippen molar-refractivity contribution in [2.75, 3.05) is 5.32 Å². The highest BCUT2D eigenvalue weighted by molar-refractivity contribution is 6.30. The first-order chi connectivity index (χ1) is 11.3. The third-order valence-electron chi connectivity index (χ3n) is 3.63. The van der Waals surface area contributed by atoms with Crippen LogP contribution in [0.25, 0.3) is 17.3 Å². The molecule has 0 aliphatic carbocycles. The van der Waals surface area contributed by atoms with Gasteiger partial charge in [0.25, 0.3) is 0 Å². The summed E-state index contributed by atoms with van der Waals surface area (Å²) >= 11 is 6.19. The largest absolute Gasteiger partial charge is 0.365 e. The van der Waals surface area contributed by atoms with Gasteiger partial charge in [-0.15, -0.1) is 0 Å². The van der Waals surface area contributed by atoms with E-state index in [1.54, 1.807) is 0 Å². The van der Waals surface area contributed by atoms with E-state index in [9.17, 15) is 0 Å². The highest BCUT2D eigenvalue weighted by Gasteiger charge is 2.19. The third-order valence-corrected chi connectivity index (χ3v) is 3.86. The van der Waals surface area contributed by atoms with Crippen molar-refractivity contribution >= 4 is 34.7 Å². The summed E-state index contributed by atoms with van der Waals surface area (Å²) in [7, 11) is 0. The molecular weight excluding hydrogens is 318 g/mol. The van der Waals surface area contributed by atoms with Crippen molar-refractivity contribution in [1.29, 1.82) is 0 Å². The number of halogens is 1. The molecule has 2 aromatic heterocycles. The number of benzene rings is 1. The summed E-state index contributed by atoms with van der Waals surface area (Å²) in [6.45, 7) is 8.50. The van der Waals surface area contributed by atoms with Crippen LogP contribution in [0.4, 0.5) is 5.82 Å². The Morgan fingerprint density at radius 1 is 1.12 bits per heavy atom. The fourth-order valence-electron chi connectivity index (χ4n) is 2.64. The van der Waals surface area contributed by atoms with Gasteiger partial charge in [0.05, 0.1) is 5.02 Å². The molecule has 3 aromatic rings. The zero-order chi connectivity index (χ0) is 17.3. The van der Waals surface area contributed by atoms with Gasteiger partial charge >= 0.3 is 0 Å². The minimum Gasteiger partial charge on any atom is -0.365 e. The molecule has 3 rings (SSSR count). The van der Waals surface area contributed by atoms with E-state index in [1.165, 1.54) is 0 Å². The average Bonchev–Trinajstić information content (AvgIpc) is 2.85. The molecule has 24 heavy (non-hydrogen) atoms. The van der Waals surface area contributed by atoms with Crippen molar-refractivity contribution < 1.29 is 0 Å². The van der Waals surface area contributed by atoms with Gasteiger partial charge in [-0.05, 0) is 57.0 Å². The van der Waals surface area contributed by atoms with E-state index in [0.29, 0.717) is 5.02 Å². The summed E-state index contributed by atoms with van der Waals surface area (Å²) in [5, 5.41) is 4.26. The summed E-state index contributed by atoms with van der Waals surface area (Å²) in [4.78, 5) is 4.81. The lowest BCUT2D eigenvalue weighted by molar-refractivity contribution is 0.629. The third kappa shape index (κ3) is 3.62. The fourth-order valence-corrected chi connectivity index (χ4v) is 2.80. The SMILES string of the molecule is CC(=Cc1ccccc1)c1nc2ccc(Cl)cn2c1NC(C)(C)C. The summed E-state index contributed by atoms with van der Waals surface area (Å²) < 4.78 is 2.02. The Balaban J connectivity index is 2.16. The van der Waals surface area contributed by atoms with Gasteiger partial charge in [0, 0.05) is 11.7 Å². The summed E-state index contributed by atoms with van der Waals surface area (Å²) in [6.07, 6.45) is 4.05. The van der Waals surface area contributed by atoms with E-state index in [2.05, 4.69) is 51.2 Å². The van der Waals surface area contributed by atoms with Gasteiger partial charge < -0.3 is 5.32 Å². The standard InChI is InChI=1S/C20H22ClN3/c1-14(12-15-8-6-5-7-9-15)18-19(23-20(2,3)4)24-13-16(21)10-11-17(24)22-18/h5-13,23H,1-4H3. The average molecular weight is 340 g/mol. The number of aromatic nitrogens is 2. The first-order valence-electron chi connectivity index (χ1n) is 8.03. The van der Waals surface area contributed by atoms with Crippen LogP contribution in [-0.2, 0) is 0 Å². The second-order valence-electron chi connectivity index (χ2n) is 7.00. The number of allylic oxidation sites excluding steroid dienone is 1. The van der Waals surface area contributed by atoms with Crippen LogP contribution in [0.2, 0.25) is 5.02 Å². The van der Waals surface area contributed by atoms with E-state index in [1.807, 2.05) is 40.9 Å². The number of rotatable bonds is 3. The Bertz CT molecular complexity index is 886. The number of hydrogen-bond donors (Lipinski definition) is 1. The molecule has 0 fully saturated rings. The molecule has 3 nitrogen and oxygen atoms in total. The van der Waals surface area contributed by atoms with Gasteiger partial charge in [0.2, 0.25) is 0 Å². The molecule has 0 aliphatic rings. The number of nitrogens with zero attached hydrogens (tertiary/aromatic N) is 2. The van der Waals surface area contributed by atoms with Crippen LogP contribution < -0.4 is 5.32 Å². The molecule has 0 spiro atoms. The van der Waals surface area contributed by atoms with Crippen LogP contribution in [0.3, 0.4) is 0 Å². The van der Waals surface area contributed by atoms with Crippen LogP contribution in [0.5, 0.6) is 0 Å². The molecule has 124 valence electrons. The van der Waals surface area contributed by atoms with Gasteiger partial charge in [-0.1, -0.05) is 41.9 Å². The Kier molecular flexibility index (Phi) is 4.37. The minimum atomic E-state index is -0.0833. The lowest BCUT2D eigenvalue weighted by Gasteiger charge is -2.22. The molecule has 0 saturated carbocycles. The Labute approximate surface area is 148 Å². The molecule has 0 radical (unpaired) electrons. The number of hydrogen-bond acceptors (Lipinski definition) is 2. The van der Waals surface area contributed by atoms with Gasteiger partial charge in [-0.25, -0.2) is 4.98 Å². The maximum atomic E-state index is 6.19. The molecule has 1 aromatic carbocycles. The van der Waals surface area contributed by atoms with Crippen molar-refractivity contribution in [3.63, 3.8) is 0 Å². The zero-order valence-electron chi connectivity index (χ0n) is 14.5. The van der Waals surface area contributed by atoms with Crippen LogP contribution in [0.15, 0.2) is 48.7 Å². The smallest absolute Gasteiger partial charge is 0.139 e. The van der Waals surface area contributed by atoms with Gasteiger partial charge in [0.1, 0.15) is 17.2 Å². The van der Waals surface area contributed by atoms with Crippen LogP contribution >= 0.6 is 11.6 Å². The summed E-state index contributed by atoms with van der Waals surface area (Å²) in [6, 6.07) is 14.1. The molecule has 0 bridgehead atoms. The molecule has 0 aliphatic heterocycles. The molecule has 4 heteroatoms. The molecule has 0 amide bonds. The first kappa shape index (κ1) is 16.6. The molecule has 0 unspecified atom stereocenters. The van der Waals surface area contributed by atoms with E-state index in [-0.39, 0.29) is 5.54 Å². The number of fused-ring (bicyclic) bond motifs is 1. The molecule has 0 saturated heterocycles. The van der Waals surface area contributed by atoms with E-state index in [0.717, 1.165) is 28.3 Å². The summed E-state index contributed by atoms with van der Waals surface area (Å²) in [5.41, 5.74) is 4.00. The van der Waals surface area contributed by atoms with Crippen molar-refractivity contribution in [1.82, 2.24) is 9.38 Å². The number of nitrogens with one attached hydrogen (secondary N) is 1. The second-order valence-corrected chi connectivity index (χ2v) is 7.43. The van der Waals surface area contributed by atoms with Gasteiger partial charge in [-0.2, -0.15) is 0 Å². The van der Waals surface area contributed by atoms with Crippen molar-refractivity contribution in [2.45, 2.75) is 33.2 Å². The van der Waals surface area contributed by atoms with Crippen LogP contribution in [0.1, 0.15) is 39.0 Å². The topological polar surface area (TPSA) is 29.3 Å². The predicted molar refractivity (Wildman–Crippen MR) is 104 cm³/mol. The molecular formula is C20H22ClN3. The maximum Gasteiger partial charge on any atom is 0.139 e. The molecule has 2 heterocycles. The lowest BCUT2D eigenvalue weighted by atomic mass is 10.1. The lowest BCUT2D eigenvalue weighted by Crippen LogP contribution is -2.27. The number of imidazole rings is 1. The Morgan fingerprint density at radius 3 is 2.50 bits per heavy atom. The van der Waals surface area contributed by atoms with Crippen molar-refractivity contribution in [2.24, 2.45) is 0 Å². The van der Waals surface area contributed by atoms with E-state index >= 15 is 0 Å². The number of anilines is 1. The van der Waals surface area contributed by atoms with Crippen LogP contribution in [0, 0.1) is 0 Å². The zero-order valence-corrected chi connectivity index (χ0v) is 15.2. The van der Waals surface area contributed by atoms with Gasteiger partial charge in [-0.3, -0.25) is 4.40 Å². The van der Waals surface area contributed by atoms with Crippen molar-refractivity contribution in [3.05, 3.63) is 64.9 Å². The quantitative estimate of drug-likeness (QED) is 0.657. The Morgan fingerprint density at radius 2 is 1.83 bits per heavy atom. The minimum absolute atomic E-state index is 0.0833. The normalized spacial score (nSPS) is 12.6. The van der Waals surface area contributed by atoms with Gasteiger partial charge in [0.15, 0.2) is 0 Å². The van der Waals surface area contributed by atoms with Crippen molar-refractivity contribution in [3.8, 4) is 0 Å². The molecule has 0 atom stereocenters. The molecule has 1 N–H and O–H groups in total. The Hall–Kier alpha value is -2.26. The highest BCUT2D eigenvalue weighted by atomic mass is 35.5. The fraction of sp³-hybridized carbons (Fsp3) is 0.250. The van der Waals surface area contributed by atoms with Crippen LogP contribution in [-0.4, -0.2) is 14.9 Å². The summed E-state index contributed by atoms with van der Waals surface area (Å²) in [5.74, 6) is 0.963. The second kappa shape index (κ2) is 6.33. The number of pyridine rings is 1. The highest BCUT2D eigenvalue weighted by Crippen LogP contribution is 2.29. The van der Waals surface area contributed by atoms with E-state index in [4.69, 9.17) is 16.6 Å². The monoisotopic (exact) mass is 339 g/mol.